The summed E-state index contributed by atoms with van der Waals surface area (Å²) in [6.07, 6.45) is 9.88. The molecule has 1 unspecified atom stereocenters. The molecule has 0 saturated carbocycles. The van der Waals surface area contributed by atoms with E-state index in [4.69, 9.17) is 0 Å². The Kier molecular flexibility index (Phi) is 2.60. The van der Waals surface area contributed by atoms with Crippen LogP contribution in [0.3, 0.4) is 0 Å². The standard InChI is InChI=1S/C9H14N2/c1-9(8-10-2)4-3-6-11-7-5-9/h3-7,10H,8H2,1-2H3. The van der Waals surface area contributed by atoms with E-state index in [1.54, 1.807) is 6.21 Å². The lowest BCUT2D eigenvalue weighted by atomic mass is 9.90. The molecule has 0 aromatic heterocycles. The van der Waals surface area contributed by atoms with Crippen LogP contribution in [0.4, 0.5) is 0 Å². The molecule has 60 valence electrons. The van der Waals surface area contributed by atoms with Crippen molar-refractivity contribution in [2.24, 2.45) is 10.4 Å². The summed E-state index contributed by atoms with van der Waals surface area (Å²) in [6, 6.07) is 0. The minimum atomic E-state index is 0.116. The average Bonchev–Trinajstić information content (AvgIpc) is 2.15. The van der Waals surface area contributed by atoms with Crippen molar-refractivity contribution >= 4 is 6.21 Å². The number of allylic oxidation sites excluding steroid dienone is 1. The van der Waals surface area contributed by atoms with Gasteiger partial charge in [-0.15, -0.1) is 0 Å². The van der Waals surface area contributed by atoms with Gasteiger partial charge in [-0.25, -0.2) is 0 Å². The summed E-state index contributed by atoms with van der Waals surface area (Å²) >= 11 is 0. The lowest BCUT2D eigenvalue weighted by Crippen LogP contribution is -2.25. The molecule has 0 spiro atoms. The Morgan fingerprint density at radius 1 is 1.45 bits per heavy atom. The van der Waals surface area contributed by atoms with Crippen LogP contribution in [0.5, 0.6) is 0 Å². The molecule has 0 fully saturated rings. The predicted octanol–water partition coefficient (Wildman–Crippen LogP) is 1.37. The van der Waals surface area contributed by atoms with E-state index < -0.39 is 0 Å². The van der Waals surface area contributed by atoms with Crippen molar-refractivity contribution < 1.29 is 0 Å². The van der Waals surface area contributed by atoms with Gasteiger partial charge in [0.05, 0.1) is 0 Å². The van der Waals surface area contributed by atoms with Gasteiger partial charge in [0.25, 0.3) is 0 Å². The van der Waals surface area contributed by atoms with Crippen molar-refractivity contribution in [1.29, 1.82) is 0 Å². The number of nitrogens with zero attached hydrogens (tertiary/aromatic N) is 1. The molecule has 1 rings (SSSR count). The summed E-state index contributed by atoms with van der Waals surface area (Å²) in [5.74, 6) is 0. The van der Waals surface area contributed by atoms with Gasteiger partial charge < -0.3 is 5.32 Å². The fourth-order valence-electron chi connectivity index (χ4n) is 1.13. The average molecular weight is 150 g/mol. The quantitative estimate of drug-likeness (QED) is 0.631. The molecule has 0 aliphatic carbocycles. The molecule has 0 amide bonds. The fourth-order valence-corrected chi connectivity index (χ4v) is 1.13. The van der Waals surface area contributed by atoms with Gasteiger partial charge in [0, 0.05) is 24.4 Å². The summed E-state index contributed by atoms with van der Waals surface area (Å²) in [7, 11) is 1.96. The van der Waals surface area contributed by atoms with Crippen molar-refractivity contribution in [2.75, 3.05) is 13.6 Å². The smallest absolute Gasteiger partial charge is 0.0264 e. The lowest BCUT2D eigenvalue weighted by Gasteiger charge is -2.19. The maximum Gasteiger partial charge on any atom is 0.0264 e. The molecule has 2 heteroatoms. The number of hydrogen-bond donors (Lipinski definition) is 1. The minimum Gasteiger partial charge on any atom is -0.319 e. The number of hydrogen-bond acceptors (Lipinski definition) is 2. The number of nitrogens with one attached hydrogen (secondary N) is 1. The molecule has 11 heavy (non-hydrogen) atoms. The lowest BCUT2D eigenvalue weighted by molar-refractivity contribution is 0.514. The van der Waals surface area contributed by atoms with E-state index >= 15 is 0 Å². The van der Waals surface area contributed by atoms with Crippen LogP contribution in [0.15, 0.2) is 29.4 Å². The van der Waals surface area contributed by atoms with Crippen molar-refractivity contribution in [1.82, 2.24) is 5.32 Å². The highest BCUT2D eigenvalue weighted by Gasteiger charge is 2.15. The Hall–Kier alpha value is -0.890. The van der Waals surface area contributed by atoms with Gasteiger partial charge in [-0.2, -0.15) is 0 Å². The van der Waals surface area contributed by atoms with Crippen molar-refractivity contribution in [3.63, 3.8) is 0 Å². The maximum atomic E-state index is 4.03. The molecule has 0 bridgehead atoms. The van der Waals surface area contributed by atoms with Crippen LogP contribution < -0.4 is 5.32 Å². The molecular formula is C9H14N2. The third-order valence-electron chi connectivity index (χ3n) is 1.75. The molecule has 1 atom stereocenters. The molecule has 1 heterocycles. The first-order valence-corrected chi connectivity index (χ1v) is 3.80. The molecular weight excluding hydrogens is 136 g/mol. The summed E-state index contributed by atoms with van der Waals surface area (Å²) in [4.78, 5) is 4.03. The highest BCUT2D eigenvalue weighted by Crippen LogP contribution is 2.19. The van der Waals surface area contributed by atoms with Gasteiger partial charge in [-0.05, 0) is 13.1 Å². The second-order valence-corrected chi connectivity index (χ2v) is 3.01. The topological polar surface area (TPSA) is 24.4 Å². The van der Waals surface area contributed by atoms with Crippen molar-refractivity contribution in [2.45, 2.75) is 6.92 Å². The molecule has 0 aromatic rings. The van der Waals surface area contributed by atoms with E-state index in [-0.39, 0.29) is 5.41 Å². The van der Waals surface area contributed by atoms with Crippen LogP contribution in [0.1, 0.15) is 6.92 Å². The zero-order valence-corrected chi connectivity index (χ0v) is 7.04. The molecule has 0 radical (unpaired) electrons. The fraction of sp³-hybridized carbons (Fsp3) is 0.444. The van der Waals surface area contributed by atoms with E-state index in [1.807, 2.05) is 19.3 Å². The zero-order chi connectivity index (χ0) is 8.16. The first kappa shape index (κ1) is 8.21. The third-order valence-corrected chi connectivity index (χ3v) is 1.75. The van der Waals surface area contributed by atoms with Gasteiger partial charge >= 0.3 is 0 Å². The first-order chi connectivity index (χ1) is 5.27. The van der Waals surface area contributed by atoms with E-state index in [0.29, 0.717) is 0 Å². The molecule has 1 aliphatic rings. The summed E-state index contributed by atoms with van der Waals surface area (Å²) in [5, 5.41) is 3.15. The highest BCUT2D eigenvalue weighted by atomic mass is 14.8. The summed E-state index contributed by atoms with van der Waals surface area (Å²) in [6.45, 7) is 3.12. The van der Waals surface area contributed by atoms with Crippen molar-refractivity contribution in [3.05, 3.63) is 24.4 Å². The molecule has 1 aliphatic heterocycles. The second-order valence-electron chi connectivity index (χ2n) is 3.01. The van der Waals surface area contributed by atoms with Gasteiger partial charge in [-0.1, -0.05) is 19.1 Å². The van der Waals surface area contributed by atoms with Crippen LogP contribution in [0.25, 0.3) is 0 Å². The van der Waals surface area contributed by atoms with Crippen LogP contribution in [0, 0.1) is 5.41 Å². The largest absolute Gasteiger partial charge is 0.319 e. The van der Waals surface area contributed by atoms with Gasteiger partial charge in [0.2, 0.25) is 0 Å². The van der Waals surface area contributed by atoms with Gasteiger partial charge in [0.1, 0.15) is 0 Å². The predicted molar refractivity (Wildman–Crippen MR) is 48.8 cm³/mol. The van der Waals surface area contributed by atoms with Crippen LogP contribution in [-0.2, 0) is 0 Å². The Morgan fingerprint density at radius 3 is 3.00 bits per heavy atom. The molecule has 0 aromatic carbocycles. The highest BCUT2D eigenvalue weighted by molar-refractivity contribution is 5.72. The summed E-state index contributed by atoms with van der Waals surface area (Å²) in [5.41, 5.74) is 0.116. The van der Waals surface area contributed by atoms with Crippen LogP contribution >= 0.6 is 0 Å². The zero-order valence-electron chi connectivity index (χ0n) is 7.04. The Balaban J connectivity index is 2.70. The molecule has 0 saturated heterocycles. The maximum absolute atomic E-state index is 4.03. The van der Waals surface area contributed by atoms with Crippen molar-refractivity contribution in [3.8, 4) is 0 Å². The second kappa shape index (κ2) is 3.49. The Morgan fingerprint density at radius 2 is 2.27 bits per heavy atom. The molecule has 2 nitrogen and oxygen atoms in total. The Bertz CT molecular complexity index is 186. The Labute approximate surface area is 67.7 Å². The number of rotatable bonds is 2. The summed E-state index contributed by atoms with van der Waals surface area (Å²) < 4.78 is 0. The third kappa shape index (κ3) is 2.31. The van der Waals surface area contributed by atoms with Crippen LogP contribution in [0.2, 0.25) is 0 Å². The van der Waals surface area contributed by atoms with E-state index in [9.17, 15) is 0 Å². The number of aliphatic imine (C=N–C) groups is 1. The van der Waals surface area contributed by atoms with Gasteiger partial charge in [0.15, 0.2) is 0 Å². The van der Waals surface area contributed by atoms with E-state index in [0.717, 1.165) is 6.54 Å². The van der Waals surface area contributed by atoms with Gasteiger partial charge in [-0.3, -0.25) is 4.99 Å². The van der Waals surface area contributed by atoms with Crippen LogP contribution in [-0.4, -0.2) is 19.8 Å². The molecule has 1 N–H and O–H groups in total. The normalized spacial score (nSPS) is 28.9. The van der Waals surface area contributed by atoms with E-state index in [1.165, 1.54) is 0 Å². The monoisotopic (exact) mass is 150 g/mol. The van der Waals surface area contributed by atoms with E-state index in [2.05, 4.69) is 29.4 Å². The SMILES string of the molecule is CNCC1(C)C=CC=NC=C1. The minimum absolute atomic E-state index is 0.116. The first-order valence-electron chi connectivity index (χ1n) is 3.80.